The Balaban J connectivity index is 2.27. The Kier molecular flexibility index (Phi) is 3.00. The zero-order valence-electron chi connectivity index (χ0n) is 8.93. The average molecular weight is 216 g/mol. The van der Waals surface area contributed by atoms with E-state index in [2.05, 4.69) is 15.0 Å². The summed E-state index contributed by atoms with van der Waals surface area (Å²) in [5.41, 5.74) is 1.69. The molecule has 1 aromatic carbocycles. The smallest absolute Gasteiger partial charge is 0.325 e. The zero-order valence-corrected chi connectivity index (χ0v) is 8.93. The standard InChI is InChI=1S/C12H12N2O2/c1-16-11(15)8-14-10-6-2-4-9-5-3-7-13-12(9)10/h2-7,14H,8H2,1H3. The van der Waals surface area contributed by atoms with E-state index in [1.165, 1.54) is 7.11 Å². The number of hydrogen-bond donors (Lipinski definition) is 1. The lowest BCUT2D eigenvalue weighted by Crippen LogP contribution is -2.15. The lowest BCUT2D eigenvalue weighted by atomic mass is 10.2. The second-order valence-electron chi connectivity index (χ2n) is 3.31. The zero-order chi connectivity index (χ0) is 11.4. The van der Waals surface area contributed by atoms with E-state index < -0.39 is 0 Å². The molecule has 0 bridgehead atoms. The van der Waals surface area contributed by atoms with Gasteiger partial charge in [0.1, 0.15) is 6.54 Å². The van der Waals surface area contributed by atoms with Gasteiger partial charge < -0.3 is 10.1 Å². The Morgan fingerprint density at radius 1 is 1.38 bits per heavy atom. The molecule has 0 saturated heterocycles. The van der Waals surface area contributed by atoms with E-state index in [9.17, 15) is 4.79 Å². The first kappa shape index (κ1) is 10.4. The summed E-state index contributed by atoms with van der Waals surface area (Å²) in [4.78, 5) is 15.3. The molecule has 0 radical (unpaired) electrons. The highest BCUT2D eigenvalue weighted by atomic mass is 16.5. The lowest BCUT2D eigenvalue weighted by Gasteiger charge is -2.07. The normalized spacial score (nSPS) is 10.1. The van der Waals surface area contributed by atoms with Crippen molar-refractivity contribution < 1.29 is 9.53 Å². The van der Waals surface area contributed by atoms with Crippen LogP contribution in [0.2, 0.25) is 0 Å². The largest absolute Gasteiger partial charge is 0.468 e. The number of hydrogen-bond acceptors (Lipinski definition) is 4. The number of esters is 1. The van der Waals surface area contributed by atoms with Gasteiger partial charge in [-0.25, -0.2) is 0 Å². The molecule has 4 nitrogen and oxygen atoms in total. The van der Waals surface area contributed by atoms with Gasteiger partial charge >= 0.3 is 5.97 Å². The number of nitrogens with one attached hydrogen (secondary N) is 1. The summed E-state index contributed by atoms with van der Waals surface area (Å²) in [6.45, 7) is 0.145. The molecule has 0 aliphatic heterocycles. The van der Waals surface area contributed by atoms with Crippen molar-refractivity contribution in [1.82, 2.24) is 4.98 Å². The van der Waals surface area contributed by atoms with E-state index in [4.69, 9.17) is 0 Å². The second kappa shape index (κ2) is 4.61. The molecular formula is C12H12N2O2. The van der Waals surface area contributed by atoms with Crippen LogP contribution in [0.1, 0.15) is 0 Å². The third-order valence-corrected chi connectivity index (χ3v) is 2.28. The van der Waals surface area contributed by atoms with Gasteiger partial charge in [0.15, 0.2) is 0 Å². The van der Waals surface area contributed by atoms with Crippen molar-refractivity contribution in [3.63, 3.8) is 0 Å². The molecule has 0 saturated carbocycles. The van der Waals surface area contributed by atoms with Gasteiger partial charge in [-0.3, -0.25) is 9.78 Å². The number of carbonyl (C=O) groups excluding carboxylic acids is 1. The van der Waals surface area contributed by atoms with E-state index in [0.29, 0.717) is 0 Å². The third-order valence-electron chi connectivity index (χ3n) is 2.28. The number of fused-ring (bicyclic) bond motifs is 1. The molecule has 16 heavy (non-hydrogen) atoms. The number of para-hydroxylation sites is 1. The minimum absolute atomic E-state index is 0.145. The van der Waals surface area contributed by atoms with Gasteiger partial charge in [0.25, 0.3) is 0 Å². The first-order valence-corrected chi connectivity index (χ1v) is 4.95. The summed E-state index contributed by atoms with van der Waals surface area (Å²) in [6, 6.07) is 9.64. The molecular weight excluding hydrogens is 204 g/mol. The minimum Gasteiger partial charge on any atom is -0.468 e. The SMILES string of the molecule is COC(=O)CNc1cccc2cccnc12. The molecule has 2 rings (SSSR count). The summed E-state index contributed by atoms with van der Waals surface area (Å²) in [5.74, 6) is -0.298. The highest BCUT2D eigenvalue weighted by Gasteiger charge is 2.03. The fourth-order valence-electron chi connectivity index (χ4n) is 1.49. The minimum atomic E-state index is -0.298. The van der Waals surface area contributed by atoms with Gasteiger partial charge in [-0.2, -0.15) is 0 Å². The van der Waals surface area contributed by atoms with Gasteiger partial charge in [-0.15, -0.1) is 0 Å². The first-order chi connectivity index (χ1) is 7.81. The van der Waals surface area contributed by atoms with Gasteiger partial charge in [-0.1, -0.05) is 18.2 Å². The summed E-state index contributed by atoms with van der Waals surface area (Å²) >= 11 is 0. The number of aromatic nitrogens is 1. The molecule has 0 atom stereocenters. The summed E-state index contributed by atoms with van der Waals surface area (Å²) in [7, 11) is 1.37. The van der Waals surface area contributed by atoms with Crippen LogP contribution in [0.4, 0.5) is 5.69 Å². The van der Waals surface area contributed by atoms with Crippen LogP contribution in [0.15, 0.2) is 36.5 Å². The van der Waals surface area contributed by atoms with Crippen molar-refractivity contribution in [3.05, 3.63) is 36.5 Å². The molecule has 0 aliphatic rings. The van der Waals surface area contributed by atoms with Crippen LogP contribution in [0.3, 0.4) is 0 Å². The van der Waals surface area contributed by atoms with E-state index >= 15 is 0 Å². The third kappa shape index (κ3) is 2.11. The Labute approximate surface area is 93.3 Å². The Bertz CT molecular complexity index is 506. The number of ether oxygens (including phenoxy) is 1. The number of nitrogens with zero attached hydrogens (tertiary/aromatic N) is 1. The fourth-order valence-corrected chi connectivity index (χ4v) is 1.49. The monoisotopic (exact) mass is 216 g/mol. The number of carbonyl (C=O) groups is 1. The molecule has 4 heteroatoms. The van der Waals surface area contributed by atoms with Gasteiger partial charge in [0, 0.05) is 11.6 Å². The highest BCUT2D eigenvalue weighted by Crippen LogP contribution is 2.20. The van der Waals surface area contributed by atoms with Crippen LogP contribution in [0.5, 0.6) is 0 Å². The predicted octanol–water partition coefficient (Wildman–Crippen LogP) is 1.82. The van der Waals surface area contributed by atoms with Crippen molar-refractivity contribution in [1.29, 1.82) is 0 Å². The maximum Gasteiger partial charge on any atom is 0.325 e. The van der Waals surface area contributed by atoms with Gasteiger partial charge in [0.05, 0.1) is 18.3 Å². The van der Waals surface area contributed by atoms with Gasteiger partial charge in [0.2, 0.25) is 0 Å². The fraction of sp³-hybridized carbons (Fsp3) is 0.167. The van der Waals surface area contributed by atoms with E-state index in [1.54, 1.807) is 6.20 Å². The predicted molar refractivity (Wildman–Crippen MR) is 62.2 cm³/mol. The Hall–Kier alpha value is -2.10. The number of methoxy groups -OCH3 is 1. The molecule has 0 aliphatic carbocycles. The van der Waals surface area contributed by atoms with E-state index in [1.807, 2.05) is 30.3 Å². The van der Waals surface area contributed by atoms with Crippen molar-refractivity contribution >= 4 is 22.6 Å². The molecule has 2 aromatic rings. The van der Waals surface area contributed by atoms with Crippen LogP contribution in [0, 0.1) is 0 Å². The van der Waals surface area contributed by atoms with Crippen LogP contribution in [-0.2, 0) is 9.53 Å². The molecule has 0 amide bonds. The molecule has 1 heterocycles. The van der Waals surface area contributed by atoms with Crippen LogP contribution < -0.4 is 5.32 Å². The molecule has 0 spiro atoms. The summed E-state index contributed by atoms with van der Waals surface area (Å²) in [5, 5.41) is 4.04. The first-order valence-electron chi connectivity index (χ1n) is 4.95. The van der Waals surface area contributed by atoms with Crippen LogP contribution in [-0.4, -0.2) is 24.6 Å². The Morgan fingerprint density at radius 3 is 3.00 bits per heavy atom. The maximum atomic E-state index is 11.0. The van der Waals surface area contributed by atoms with Crippen molar-refractivity contribution in [2.24, 2.45) is 0 Å². The highest BCUT2D eigenvalue weighted by molar-refractivity contribution is 5.91. The molecule has 1 aromatic heterocycles. The lowest BCUT2D eigenvalue weighted by molar-refractivity contribution is -0.138. The summed E-state index contributed by atoms with van der Waals surface area (Å²) < 4.78 is 4.56. The van der Waals surface area contributed by atoms with Crippen LogP contribution >= 0.6 is 0 Å². The van der Waals surface area contributed by atoms with Crippen molar-refractivity contribution in [3.8, 4) is 0 Å². The van der Waals surface area contributed by atoms with Gasteiger partial charge in [-0.05, 0) is 12.1 Å². The maximum absolute atomic E-state index is 11.0. The number of benzene rings is 1. The number of pyridine rings is 1. The molecule has 0 unspecified atom stereocenters. The van der Waals surface area contributed by atoms with Crippen LogP contribution in [0.25, 0.3) is 10.9 Å². The van der Waals surface area contributed by atoms with E-state index in [0.717, 1.165) is 16.6 Å². The van der Waals surface area contributed by atoms with E-state index in [-0.39, 0.29) is 12.5 Å². The van der Waals surface area contributed by atoms with Crippen molar-refractivity contribution in [2.45, 2.75) is 0 Å². The number of rotatable bonds is 3. The topological polar surface area (TPSA) is 51.2 Å². The quantitative estimate of drug-likeness (QED) is 0.795. The summed E-state index contributed by atoms with van der Waals surface area (Å²) in [6.07, 6.45) is 1.73. The Morgan fingerprint density at radius 2 is 2.19 bits per heavy atom. The molecule has 82 valence electrons. The second-order valence-corrected chi connectivity index (χ2v) is 3.31. The molecule has 1 N–H and O–H groups in total. The average Bonchev–Trinajstić information content (AvgIpc) is 2.35. The van der Waals surface area contributed by atoms with Crippen molar-refractivity contribution in [2.75, 3.05) is 19.0 Å². The number of anilines is 1. The molecule has 0 fully saturated rings.